The third-order valence-electron chi connectivity index (χ3n) is 2.88. The van der Waals surface area contributed by atoms with Crippen LogP contribution in [0.1, 0.15) is 45.3 Å². The summed E-state index contributed by atoms with van der Waals surface area (Å²) in [7, 11) is 0. The highest BCUT2D eigenvalue weighted by atomic mass is 16.5. The Balaban J connectivity index is 2.71. The summed E-state index contributed by atoms with van der Waals surface area (Å²) < 4.78 is 10.7. The summed E-state index contributed by atoms with van der Waals surface area (Å²) in [6, 6.07) is 9.78. The van der Waals surface area contributed by atoms with E-state index >= 15 is 0 Å². The van der Waals surface area contributed by atoms with Gasteiger partial charge < -0.3 is 14.7 Å². The van der Waals surface area contributed by atoms with Gasteiger partial charge in [-0.2, -0.15) is 0 Å². The van der Waals surface area contributed by atoms with Crippen LogP contribution in [0.4, 0.5) is 0 Å². The Morgan fingerprint density at radius 3 is 2.48 bits per heavy atom. The van der Waals surface area contributed by atoms with Crippen LogP contribution in [0.3, 0.4) is 0 Å². The second kappa shape index (κ2) is 9.13. The van der Waals surface area contributed by atoms with Gasteiger partial charge in [0.2, 0.25) is 0 Å². The summed E-state index contributed by atoms with van der Waals surface area (Å²) in [6.07, 6.45) is 0.742. The molecule has 0 heterocycles. The number of rotatable bonds is 8. The van der Waals surface area contributed by atoms with Crippen molar-refractivity contribution < 1.29 is 19.5 Å². The van der Waals surface area contributed by atoms with Crippen LogP contribution in [0.15, 0.2) is 35.5 Å². The molecule has 5 nitrogen and oxygen atoms in total. The van der Waals surface area contributed by atoms with Crippen LogP contribution in [-0.2, 0) is 14.3 Å². The summed E-state index contributed by atoms with van der Waals surface area (Å²) in [5.41, 5.74) is 1.05. The molecule has 0 spiro atoms. The van der Waals surface area contributed by atoms with Crippen molar-refractivity contribution in [2.24, 2.45) is 5.16 Å². The first kappa shape index (κ1) is 17.2. The number of nitrogens with zero attached hydrogens (tertiary/aromatic N) is 1. The molecule has 0 aromatic heterocycles. The van der Waals surface area contributed by atoms with Gasteiger partial charge in [0.25, 0.3) is 0 Å². The van der Waals surface area contributed by atoms with E-state index in [4.69, 9.17) is 14.7 Å². The smallest absolute Gasteiger partial charge is 0.356 e. The highest BCUT2D eigenvalue weighted by molar-refractivity contribution is 6.36. The number of hydrogen-bond donors (Lipinski definition) is 1. The Hall–Kier alpha value is -1.88. The van der Waals surface area contributed by atoms with Crippen LogP contribution in [0.2, 0.25) is 0 Å². The van der Waals surface area contributed by atoms with Crippen LogP contribution in [0.5, 0.6) is 0 Å². The third-order valence-corrected chi connectivity index (χ3v) is 2.88. The van der Waals surface area contributed by atoms with E-state index in [0.29, 0.717) is 12.8 Å². The summed E-state index contributed by atoms with van der Waals surface area (Å²) in [4.78, 5) is 11.6. The topological polar surface area (TPSA) is 68.1 Å². The second-order valence-corrected chi connectivity index (χ2v) is 4.89. The van der Waals surface area contributed by atoms with E-state index in [-0.39, 0.29) is 24.5 Å². The predicted molar refractivity (Wildman–Crippen MR) is 80.5 cm³/mol. The fourth-order valence-corrected chi connectivity index (χ4v) is 1.98. The molecule has 5 heteroatoms. The molecule has 0 amide bonds. The lowest BCUT2D eigenvalue weighted by Crippen LogP contribution is -2.20. The largest absolute Gasteiger partial charge is 0.461 e. The molecule has 0 fully saturated rings. The lowest BCUT2D eigenvalue weighted by atomic mass is 10.0. The molecule has 0 aliphatic heterocycles. The normalized spacial score (nSPS) is 13.2. The van der Waals surface area contributed by atoms with Crippen molar-refractivity contribution in [2.75, 3.05) is 6.61 Å². The van der Waals surface area contributed by atoms with Gasteiger partial charge in [-0.25, -0.2) is 4.79 Å². The number of ether oxygens (including phenoxy) is 2. The van der Waals surface area contributed by atoms with Crippen molar-refractivity contribution in [3.05, 3.63) is 35.9 Å². The Bertz CT molecular complexity index is 457. The summed E-state index contributed by atoms with van der Waals surface area (Å²) >= 11 is 0. The summed E-state index contributed by atoms with van der Waals surface area (Å²) in [5, 5.41) is 12.0. The van der Waals surface area contributed by atoms with E-state index < -0.39 is 5.97 Å². The number of hydrogen-bond acceptors (Lipinski definition) is 5. The molecule has 0 bridgehead atoms. The molecule has 0 radical (unpaired) electrons. The van der Waals surface area contributed by atoms with Crippen molar-refractivity contribution in [2.45, 2.75) is 45.8 Å². The first-order chi connectivity index (χ1) is 10.1. The maximum atomic E-state index is 11.6. The number of carbonyl (C=O) groups excluding carboxylic acids is 1. The second-order valence-electron chi connectivity index (χ2n) is 4.89. The van der Waals surface area contributed by atoms with Crippen LogP contribution in [0, 0.1) is 0 Å². The molecule has 0 saturated heterocycles. The van der Waals surface area contributed by atoms with E-state index in [1.165, 1.54) is 0 Å². The molecule has 1 rings (SSSR count). The van der Waals surface area contributed by atoms with Gasteiger partial charge in [-0.3, -0.25) is 0 Å². The van der Waals surface area contributed by atoms with Gasteiger partial charge in [0.1, 0.15) is 0 Å². The van der Waals surface area contributed by atoms with Crippen LogP contribution < -0.4 is 0 Å². The van der Waals surface area contributed by atoms with E-state index in [9.17, 15) is 4.79 Å². The average molecular weight is 293 g/mol. The molecule has 1 N–H and O–H groups in total. The Morgan fingerprint density at radius 1 is 1.29 bits per heavy atom. The molecule has 1 aromatic rings. The molecule has 0 saturated carbocycles. The maximum absolute atomic E-state index is 11.6. The summed E-state index contributed by atoms with van der Waals surface area (Å²) in [6.45, 7) is 5.88. The lowest BCUT2D eigenvalue weighted by Gasteiger charge is -2.21. The highest BCUT2D eigenvalue weighted by Gasteiger charge is 2.19. The van der Waals surface area contributed by atoms with E-state index in [1.54, 1.807) is 6.92 Å². The Labute approximate surface area is 125 Å². The standard InChI is InChI=1S/C16H23NO4/c1-4-20-16(18)14(17-19)10-11-15(21-12(2)3)13-8-6-5-7-9-13/h5-9,12,15,19H,4,10-11H2,1-3H3. The molecule has 21 heavy (non-hydrogen) atoms. The van der Waals surface area contributed by atoms with Gasteiger partial charge in [-0.15, -0.1) is 0 Å². The zero-order valence-electron chi connectivity index (χ0n) is 12.8. The van der Waals surface area contributed by atoms with Gasteiger partial charge >= 0.3 is 5.97 Å². The predicted octanol–water partition coefficient (Wildman–Crippen LogP) is 3.33. The molecule has 0 aliphatic rings. The number of carbonyl (C=O) groups is 1. The molecular weight excluding hydrogens is 270 g/mol. The molecule has 1 aromatic carbocycles. The van der Waals surface area contributed by atoms with Crippen LogP contribution >= 0.6 is 0 Å². The minimum Gasteiger partial charge on any atom is -0.461 e. The minimum absolute atomic E-state index is 0.0186. The molecular formula is C16H23NO4. The van der Waals surface area contributed by atoms with Crippen molar-refractivity contribution in [3.8, 4) is 0 Å². The Morgan fingerprint density at radius 2 is 1.95 bits per heavy atom. The van der Waals surface area contributed by atoms with Crippen molar-refractivity contribution in [1.82, 2.24) is 0 Å². The summed E-state index contributed by atoms with van der Waals surface area (Å²) in [5.74, 6) is -0.587. The minimum atomic E-state index is -0.587. The van der Waals surface area contributed by atoms with E-state index in [0.717, 1.165) is 5.56 Å². The molecule has 1 unspecified atom stereocenters. The first-order valence-electron chi connectivity index (χ1n) is 7.16. The van der Waals surface area contributed by atoms with Crippen molar-refractivity contribution in [1.29, 1.82) is 0 Å². The fourth-order valence-electron chi connectivity index (χ4n) is 1.98. The molecule has 0 aliphatic carbocycles. The number of benzene rings is 1. The van der Waals surface area contributed by atoms with E-state index in [2.05, 4.69) is 5.16 Å². The van der Waals surface area contributed by atoms with Gasteiger partial charge in [-0.05, 0) is 32.8 Å². The van der Waals surface area contributed by atoms with Gasteiger partial charge in [0.05, 0.1) is 18.8 Å². The fraction of sp³-hybridized carbons (Fsp3) is 0.500. The van der Waals surface area contributed by atoms with Gasteiger partial charge in [0, 0.05) is 6.42 Å². The SMILES string of the molecule is CCOC(=O)C(CCC(OC(C)C)c1ccccc1)=NO. The zero-order chi connectivity index (χ0) is 15.7. The number of esters is 1. The average Bonchev–Trinajstić information content (AvgIpc) is 2.47. The highest BCUT2D eigenvalue weighted by Crippen LogP contribution is 2.24. The molecule has 1 atom stereocenters. The Kier molecular flexibility index (Phi) is 7.46. The zero-order valence-corrected chi connectivity index (χ0v) is 12.8. The number of oxime groups is 1. The van der Waals surface area contributed by atoms with E-state index in [1.807, 2.05) is 44.2 Å². The lowest BCUT2D eigenvalue weighted by molar-refractivity contribution is -0.135. The molecule has 116 valence electrons. The third kappa shape index (κ3) is 5.95. The quantitative estimate of drug-likeness (QED) is 0.345. The van der Waals surface area contributed by atoms with Crippen molar-refractivity contribution in [3.63, 3.8) is 0 Å². The van der Waals surface area contributed by atoms with Gasteiger partial charge in [-0.1, -0.05) is 35.5 Å². The van der Waals surface area contributed by atoms with Crippen molar-refractivity contribution >= 4 is 11.7 Å². The first-order valence-corrected chi connectivity index (χ1v) is 7.16. The van der Waals surface area contributed by atoms with Crippen LogP contribution in [0.25, 0.3) is 0 Å². The van der Waals surface area contributed by atoms with Gasteiger partial charge in [0.15, 0.2) is 5.71 Å². The van der Waals surface area contributed by atoms with Crippen LogP contribution in [-0.4, -0.2) is 29.6 Å². The monoisotopic (exact) mass is 293 g/mol. The maximum Gasteiger partial charge on any atom is 0.356 e.